The summed E-state index contributed by atoms with van der Waals surface area (Å²) in [6.45, 7) is 0.837. The van der Waals surface area contributed by atoms with Crippen LogP contribution in [0.5, 0.6) is 0 Å². The van der Waals surface area contributed by atoms with Gasteiger partial charge in [-0.15, -0.1) is 11.3 Å². The molecule has 0 aliphatic heterocycles. The average Bonchev–Trinajstić information content (AvgIpc) is 3.37. The largest absolute Gasteiger partial charge is 0.444 e. The maximum Gasteiger partial charge on any atom is 0.262 e. The van der Waals surface area contributed by atoms with Crippen LogP contribution in [0.25, 0.3) is 21.7 Å². The fourth-order valence-corrected chi connectivity index (χ4v) is 4.41. The molecule has 0 unspecified atom stereocenters. The maximum absolute atomic E-state index is 12.9. The summed E-state index contributed by atoms with van der Waals surface area (Å²) in [5.74, 6) is 1.13. The summed E-state index contributed by atoms with van der Waals surface area (Å²) >= 11 is 9.08. The quantitative estimate of drug-likeness (QED) is 0.310. The molecule has 1 aromatic carbocycles. The number of rotatable bonds is 7. The number of thioether (sulfide) groups is 1. The number of halogens is 1. The van der Waals surface area contributed by atoms with Crippen LogP contribution in [0.4, 0.5) is 0 Å². The highest BCUT2D eigenvalue weighted by atomic mass is 35.5. The summed E-state index contributed by atoms with van der Waals surface area (Å²) in [4.78, 5) is 23.1. The highest BCUT2D eigenvalue weighted by molar-refractivity contribution is 7.98. The first-order chi connectivity index (χ1) is 13.7. The zero-order valence-corrected chi connectivity index (χ0v) is 17.3. The first kappa shape index (κ1) is 19.2. The van der Waals surface area contributed by atoms with Crippen LogP contribution in [0.2, 0.25) is 5.02 Å². The Hall–Kier alpha value is -2.13. The number of methoxy groups -OCH3 is 1. The molecule has 0 aliphatic rings. The Morgan fingerprint density at radius 2 is 2.21 bits per heavy atom. The van der Waals surface area contributed by atoms with Gasteiger partial charge in [0.05, 0.1) is 34.6 Å². The topological polar surface area (TPSA) is 70.2 Å². The van der Waals surface area contributed by atoms with E-state index >= 15 is 0 Å². The van der Waals surface area contributed by atoms with Gasteiger partial charge in [-0.2, -0.15) is 0 Å². The molecule has 0 spiro atoms. The third-order valence-corrected chi connectivity index (χ3v) is 6.14. The van der Waals surface area contributed by atoms with E-state index in [1.54, 1.807) is 47.5 Å². The van der Waals surface area contributed by atoms with Crippen LogP contribution in [-0.4, -0.2) is 28.3 Å². The zero-order valence-electron chi connectivity index (χ0n) is 14.9. The molecule has 0 fully saturated rings. The van der Waals surface area contributed by atoms with Crippen LogP contribution in [0.15, 0.2) is 56.3 Å². The standard InChI is InChI=1S/C19H16ClN3O3S2/c1-25-7-6-23-18(24)14-5-4-12(20)9-15(14)22-19(23)28-11-13-10-26-17(21-13)16-3-2-8-27-16/h2-5,8-10H,6-7,11H2,1H3. The van der Waals surface area contributed by atoms with E-state index in [2.05, 4.69) is 9.97 Å². The van der Waals surface area contributed by atoms with Gasteiger partial charge in [-0.1, -0.05) is 29.4 Å². The fraction of sp³-hybridized carbons (Fsp3) is 0.211. The number of hydrogen-bond acceptors (Lipinski definition) is 7. The van der Waals surface area contributed by atoms with Gasteiger partial charge in [-0.25, -0.2) is 9.97 Å². The summed E-state index contributed by atoms with van der Waals surface area (Å²) < 4.78 is 12.3. The molecule has 0 amide bonds. The van der Waals surface area contributed by atoms with Crippen molar-refractivity contribution in [2.75, 3.05) is 13.7 Å². The Kier molecular flexibility index (Phi) is 5.82. The van der Waals surface area contributed by atoms with Crippen molar-refractivity contribution in [2.24, 2.45) is 0 Å². The molecular weight excluding hydrogens is 418 g/mol. The molecule has 28 heavy (non-hydrogen) atoms. The number of aromatic nitrogens is 3. The lowest BCUT2D eigenvalue weighted by Gasteiger charge is -2.12. The predicted octanol–water partition coefficient (Wildman–Crippen LogP) is 4.71. The van der Waals surface area contributed by atoms with Crippen molar-refractivity contribution in [1.29, 1.82) is 0 Å². The van der Waals surface area contributed by atoms with Gasteiger partial charge in [0.1, 0.15) is 6.26 Å². The lowest BCUT2D eigenvalue weighted by molar-refractivity contribution is 0.183. The van der Waals surface area contributed by atoms with E-state index < -0.39 is 0 Å². The Morgan fingerprint density at radius 1 is 1.32 bits per heavy atom. The van der Waals surface area contributed by atoms with Gasteiger partial charge in [0, 0.05) is 17.9 Å². The second kappa shape index (κ2) is 8.48. The summed E-state index contributed by atoms with van der Waals surface area (Å²) in [5.41, 5.74) is 1.25. The van der Waals surface area contributed by atoms with Gasteiger partial charge in [0.15, 0.2) is 5.16 Å². The lowest BCUT2D eigenvalue weighted by atomic mass is 10.2. The van der Waals surface area contributed by atoms with Gasteiger partial charge in [-0.3, -0.25) is 9.36 Å². The number of nitrogens with zero attached hydrogens (tertiary/aromatic N) is 3. The minimum Gasteiger partial charge on any atom is -0.444 e. The molecule has 0 aliphatic carbocycles. The minimum atomic E-state index is -0.111. The molecule has 0 saturated carbocycles. The van der Waals surface area contributed by atoms with Crippen molar-refractivity contribution < 1.29 is 9.15 Å². The molecule has 0 saturated heterocycles. The van der Waals surface area contributed by atoms with E-state index in [0.29, 0.717) is 45.9 Å². The third-order valence-electron chi connectivity index (χ3n) is 4.03. The van der Waals surface area contributed by atoms with E-state index in [1.807, 2.05) is 17.5 Å². The van der Waals surface area contributed by atoms with Crippen LogP contribution in [-0.2, 0) is 17.0 Å². The molecule has 3 aromatic heterocycles. The van der Waals surface area contributed by atoms with Crippen molar-refractivity contribution in [1.82, 2.24) is 14.5 Å². The number of oxazole rings is 1. The minimum absolute atomic E-state index is 0.111. The number of ether oxygens (including phenoxy) is 1. The van der Waals surface area contributed by atoms with E-state index in [9.17, 15) is 4.79 Å². The number of hydrogen-bond donors (Lipinski definition) is 0. The Balaban J connectivity index is 1.64. The molecule has 3 heterocycles. The second-order valence-corrected chi connectivity index (χ2v) is 8.24. The molecule has 0 atom stereocenters. The summed E-state index contributed by atoms with van der Waals surface area (Å²) in [6, 6.07) is 9.02. The first-order valence-electron chi connectivity index (χ1n) is 8.46. The van der Waals surface area contributed by atoms with E-state index in [-0.39, 0.29) is 5.56 Å². The van der Waals surface area contributed by atoms with E-state index in [1.165, 1.54) is 11.8 Å². The highest BCUT2D eigenvalue weighted by Gasteiger charge is 2.14. The average molecular weight is 434 g/mol. The van der Waals surface area contributed by atoms with E-state index in [0.717, 1.165) is 10.6 Å². The Morgan fingerprint density at radius 3 is 3.00 bits per heavy atom. The van der Waals surface area contributed by atoms with Gasteiger partial charge >= 0.3 is 0 Å². The van der Waals surface area contributed by atoms with Crippen LogP contribution < -0.4 is 5.56 Å². The molecule has 144 valence electrons. The molecule has 0 bridgehead atoms. The zero-order chi connectivity index (χ0) is 19.5. The molecule has 9 heteroatoms. The van der Waals surface area contributed by atoms with Crippen molar-refractivity contribution in [3.05, 3.63) is 63.0 Å². The molecule has 6 nitrogen and oxygen atoms in total. The number of fused-ring (bicyclic) bond motifs is 1. The first-order valence-corrected chi connectivity index (χ1v) is 10.7. The molecular formula is C19H16ClN3O3S2. The second-order valence-electron chi connectivity index (χ2n) is 5.92. The smallest absolute Gasteiger partial charge is 0.262 e. The summed E-state index contributed by atoms with van der Waals surface area (Å²) in [5, 5.41) is 3.65. The summed E-state index contributed by atoms with van der Waals surface area (Å²) in [6.07, 6.45) is 1.64. The van der Waals surface area contributed by atoms with Crippen molar-refractivity contribution in [2.45, 2.75) is 17.5 Å². The maximum atomic E-state index is 12.9. The van der Waals surface area contributed by atoms with Crippen LogP contribution >= 0.6 is 34.7 Å². The van der Waals surface area contributed by atoms with Crippen LogP contribution in [0.3, 0.4) is 0 Å². The van der Waals surface area contributed by atoms with Gasteiger partial charge in [0.25, 0.3) is 5.56 Å². The third kappa shape index (κ3) is 4.00. The highest BCUT2D eigenvalue weighted by Crippen LogP contribution is 2.27. The summed E-state index contributed by atoms with van der Waals surface area (Å²) in [7, 11) is 1.60. The normalized spacial score (nSPS) is 11.4. The predicted molar refractivity (Wildman–Crippen MR) is 112 cm³/mol. The fourth-order valence-electron chi connectivity index (χ4n) is 2.69. The molecule has 0 N–H and O–H groups in total. The van der Waals surface area contributed by atoms with Gasteiger partial charge in [0.2, 0.25) is 5.89 Å². The Labute approximate surface area is 174 Å². The molecule has 0 radical (unpaired) electrons. The van der Waals surface area contributed by atoms with E-state index in [4.69, 9.17) is 20.8 Å². The van der Waals surface area contributed by atoms with Crippen molar-refractivity contribution >= 4 is 45.6 Å². The van der Waals surface area contributed by atoms with Crippen LogP contribution in [0, 0.1) is 0 Å². The van der Waals surface area contributed by atoms with Crippen molar-refractivity contribution in [3.8, 4) is 10.8 Å². The number of benzene rings is 1. The molecule has 4 aromatic rings. The van der Waals surface area contributed by atoms with Gasteiger partial charge < -0.3 is 9.15 Å². The lowest BCUT2D eigenvalue weighted by Crippen LogP contribution is -2.25. The van der Waals surface area contributed by atoms with Crippen molar-refractivity contribution in [3.63, 3.8) is 0 Å². The Bertz CT molecular complexity index is 1160. The van der Waals surface area contributed by atoms with Crippen LogP contribution in [0.1, 0.15) is 5.69 Å². The molecule has 4 rings (SSSR count). The van der Waals surface area contributed by atoms with Gasteiger partial charge in [-0.05, 0) is 29.6 Å². The SMILES string of the molecule is COCCn1c(SCc2coc(-c3cccs3)n2)nc2cc(Cl)ccc2c1=O. The monoisotopic (exact) mass is 433 g/mol. The number of thiophene rings is 1.